The van der Waals surface area contributed by atoms with E-state index in [1.54, 1.807) is 6.20 Å². The van der Waals surface area contributed by atoms with Crippen molar-refractivity contribution >= 4 is 0 Å². The van der Waals surface area contributed by atoms with Crippen molar-refractivity contribution in [2.75, 3.05) is 6.54 Å². The molecule has 0 amide bonds. The summed E-state index contributed by atoms with van der Waals surface area (Å²) in [5.74, 6) is 1.43. The molecular formula is C18H24N6O. The maximum Gasteiger partial charge on any atom is 0.247 e. The summed E-state index contributed by atoms with van der Waals surface area (Å²) in [6.45, 7) is 9.80. The molecule has 1 aliphatic heterocycles. The second kappa shape index (κ2) is 6.15. The van der Waals surface area contributed by atoms with Crippen LogP contribution in [0.2, 0.25) is 0 Å². The Hall–Kier alpha value is -2.41. The molecule has 132 valence electrons. The molecule has 0 aliphatic carbocycles. The molecule has 0 unspecified atom stereocenters. The summed E-state index contributed by atoms with van der Waals surface area (Å²) >= 11 is 0. The third kappa shape index (κ3) is 2.89. The number of rotatable bonds is 4. The Morgan fingerprint density at radius 2 is 2.08 bits per heavy atom. The third-order valence-electron chi connectivity index (χ3n) is 4.91. The van der Waals surface area contributed by atoms with Crippen molar-refractivity contribution in [1.29, 1.82) is 0 Å². The van der Waals surface area contributed by atoms with Crippen molar-refractivity contribution < 1.29 is 4.42 Å². The van der Waals surface area contributed by atoms with Crippen LogP contribution in [0.4, 0.5) is 0 Å². The zero-order valence-corrected chi connectivity index (χ0v) is 15.3. The van der Waals surface area contributed by atoms with Crippen LogP contribution in [0.1, 0.15) is 35.2 Å². The van der Waals surface area contributed by atoms with Gasteiger partial charge in [-0.15, -0.1) is 0 Å². The van der Waals surface area contributed by atoms with E-state index in [-0.39, 0.29) is 0 Å². The van der Waals surface area contributed by atoms with Crippen LogP contribution in [-0.4, -0.2) is 36.0 Å². The van der Waals surface area contributed by atoms with Crippen LogP contribution in [0.3, 0.4) is 0 Å². The highest BCUT2D eigenvalue weighted by atomic mass is 16.4. The Morgan fingerprint density at radius 3 is 2.76 bits per heavy atom. The van der Waals surface area contributed by atoms with Gasteiger partial charge in [-0.05, 0) is 20.8 Å². The average molecular weight is 340 g/mol. The van der Waals surface area contributed by atoms with Crippen molar-refractivity contribution in [3.8, 4) is 11.6 Å². The summed E-state index contributed by atoms with van der Waals surface area (Å²) in [6.07, 6.45) is 4.89. The number of fused-ring (bicyclic) bond motifs is 1. The first-order chi connectivity index (χ1) is 12.0. The molecule has 0 fully saturated rings. The smallest absolute Gasteiger partial charge is 0.247 e. The van der Waals surface area contributed by atoms with Gasteiger partial charge in [0.15, 0.2) is 5.69 Å². The Bertz CT molecular complexity index is 903. The lowest BCUT2D eigenvalue weighted by Crippen LogP contribution is -2.30. The fourth-order valence-corrected chi connectivity index (χ4v) is 3.54. The van der Waals surface area contributed by atoms with Crippen molar-refractivity contribution in [3.63, 3.8) is 0 Å². The second-order valence-corrected chi connectivity index (χ2v) is 6.73. The number of oxazole rings is 1. The van der Waals surface area contributed by atoms with E-state index in [9.17, 15) is 0 Å². The minimum absolute atomic E-state index is 0.617. The highest BCUT2D eigenvalue weighted by molar-refractivity contribution is 5.55. The third-order valence-corrected chi connectivity index (χ3v) is 4.91. The molecule has 4 rings (SSSR count). The highest BCUT2D eigenvalue weighted by Crippen LogP contribution is 2.30. The van der Waals surface area contributed by atoms with Crippen LogP contribution in [0.25, 0.3) is 11.6 Å². The standard InChI is InChI=1S/C18H24N6O/c1-5-24-10-14(13(3)20-24)9-23-7-6-16-15(11-23)17(21-22(16)4)18-19-8-12(2)25-18/h8,10H,5-7,9,11H2,1-4H3. The summed E-state index contributed by atoms with van der Waals surface area (Å²) in [6, 6.07) is 0. The molecule has 0 atom stereocenters. The first-order valence-electron chi connectivity index (χ1n) is 8.78. The van der Waals surface area contributed by atoms with Gasteiger partial charge < -0.3 is 4.42 Å². The van der Waals surface area contributed by atoms with Crippen LogP contribution < -0.4 is 0 Å². The van der Waals surface area contributed by atoms with Gasteiger partial charge in [0, 0.05) is 62.7 Å². The summed E-state index contributed by atoms with van der Waals surface area (Å²) in [5, 5.41) is 9.23. The second-order valence-electron chi connectivity index (χ2n) is 6.73. The molecule has 3 aromatic heterocycles. The van der Waals surface area contributed by atoms with Gasteiger partial charge in [0.1, 0.15) is 5.76 Å². The molecule has 1 aliphatic rings. The number of aromatic nitrogens is 5. The van der Waals surface area contributed by atoms with E-state index in [1.165, 1.54) is 16.8 Å². The molecule has 0 saturated heterocycles. The van der Waals surface area contributed by atoms with Crippen LogP contribution >= 0.6 is 0 Å². The molecule has 0 radical (unpaired) electrons. The summed E-state index contributed by atoms with van der Waals surface area (Å²) in [7, 11) is 2.00. The lowest BCUT2D eigenvalue weighted by atomic mass is 10.0. The Balaban J connectivity index is 1.61. The van der Waals surface area contributed by atoms with Gasteiger partial charge in [-0.2, -0.15) is 10.2 Å². The Morgan fingerprint density at radius 1 is 1.24 bits per heavy atom. The van der Waals surface area contributed by atoms with Crippen molar-refractivity contribution in [2.24, 2.45) is 7.05 Å². The Kier molecular flexibility index (Phi) is 3.95. The van der Waals surface area contributed by atoms with Crippen LogP contribution in [0, 0.1) is 13.8 Å². The van der Waals surface area contributed by atoms with Crippen LogP contribution in [-0.2, 0) is 33.1 Å². The first-order valence-corrected chi connectivity index (χ1v) is 8.78. The van der Waals surface area contributed by atoms with Crippen molar-refractivity contribution in [2.45, 2.75) is 46.8 Å². The van der Waals surface area contributed by atoms with E-state index in [1.807, 2.05) is 23.3 Å². The fourth-order valence-electron chi connectivity index (χ4n) is 3.54. The average Bonchev–Trinajstić information content (AvgIpc) is 3.26. The summed E-state index contributed by atoms with van der Waals surface area (Å²) in [4.78, 5) is 6.82. The minimum Gasteiger partial charge on any atom is -0.440 e. The SMILES string of the molecule is CCn1cc(CN2CCc3c(c(-c4ncc(C)o4)nn3C)C2)c(C)n1. The molecule has 0 bridgehead atoms. The predicted octanol–water partition coefficient (Wildman–Crippen LogP) is 2.47. The van der Waals surface area contributed by atoms with Crippen LogP contribution in [0.5, 0.6) is 0 Å². The first kappa shape index (κ1) is 16.1. The van der Waals surface area contributed by atoms with E-state index in [2.05, 4.69) is 40.1 Å². The lowest BCUT2D eigenvalue weighted by Gasteiger charge is -2.27. The van der Waals surface area contributed by atoms with Gasteiger partial charge in [0.25, 0.3) is 0 Å². The van der Waals surface area contributed by atoms with Crippen LogP contribution in [0.15, 0.2) is 16.8 Å². The minimum atomic E-state index is 0.617. The van der Waals surface area contributed by atoms with E-state index >= 15 is 0 Å². The molecule has 0 spiro atoms. The number of hydrogen-bond acceptors (Lipinski definition) is 5. The topological polar surface area (TPSA) is 64.9 Å². The zero-order chi connectivity index (χ0) is 17.6. The molecular weight excluding hydrogens is 316 g/mol. The lowest BCUT2D eigenvalue weighted by molar-refractivity contribution is 0.242. The van der Waals surface area contributed by atoms with Crippen molar-refractivity contribution in [3.05, 3.63) is 40.7 Å². The Labute approximate surface area is 147 Å². The van der Waals surface area contributed by atoms with E-state index in [0.29, 0.717) is 5.89 Å². The van der Waals surface area contributed by atoms with Gasteiger partial charge in [-0.3, -0.25) is 14.3 Å². The number of nitrogens with zero attached hydrogens (tertiary/aromatic N) is 6. The quantitative estimate of drug-likeness (QED) is 0.730. The monoisotopic (exact) mass is 340 g/mol. The maximum absolute atomic E-state index is 5.72. The van der Waals surface area contributed by atoms with Crippen molar-refractivity contribution in [1.82, 2.24) is 29.4 Å². The number of hydrogen-bond donors (Lipinski definition) is 0. The van der Waals surface area contributed by atoms with Gasteiger partial charge in [-0.25, -0.2) is 4.98 Å². The van der Waals surface area contributed by atoms with Gasteiger partial charge in [-0.1, -0.05) is 0 Å². The largest absolute Gasteiger partial charge is 0.440 e. The summed E-state index contributed by atoms with van der Waals surface area (Å²) in [5.41, 5.74) is 5.79. The van der Waals surface area contributed by atoms with Gasteiger partial charge in [0.2, 0.25) is 5.89 Å². The summed E-state index contributed by atoms with van der Waals surface area (Å²) < 4.78 is 9.70. The molecule has 4 heterocycles. The van der Waals surface area contributed by atoms with E-state index in [4.69, 9.17) is 4.42 Å². The highest BCUT2D eigenvalue weighted by Gasteiger charge is 2.27. The number of aryl methyl sites for hydroxylation is 4. The zero-order valence-electron chi connectivity index (χ0n) is 15.3. The fraction of sp³-hybridized carbons (Fsp3) is 0.500. The molecule has 3 aromatic rings. The maximum atomic E-state index is 5.72. The van der Waals surface area contributed by atoms with E-state index < -0.39 is 0 Å². The molecule has 25 heavy (non-hydrogen) atoms. The van der Waals surface area contributed by atoms with Gasteiger partial charge >= 0.3 is 0 Å². The molecule has 0 saturated carbocycles. The molecule has 0 aromatic carbocycles. The normalized spacial score (nSPS) is 14.9. The predicted molar refractivity (Wildman–Crippen MR) is 93.9 cm³/mol. The van der Waals surface area contributed by atoms with Gasteiger partial charge in [0.05, 0.1) is 11.9 Å². The molecule has 7 nitrogen and oxygen atoms in total. The molecule has 7 heteroatoms. The van der Waals surface area contributed by atoms with E-state index in [0.717, 1.165) is 49.7 Å². The molecule has 0 N–H and O–H groups in total.